The second-order valence-electron chi connectivity index (χ2n) is 4.90. The first kappa shape index (κ1) is 13.8. The summed E-state index contributed by atoms with van der Waals surface area (Å²) in [6, 6.07) is 3.53. The van der Waals surface area contributed by atoms with Crippen molar-refractivity contribution in [3.63, 3.8) is 0 Å². The number of hydrogen-bond donors (Lipinski definition) is 1. The van der Waals surface area contributed by atoms with Crippen LogP contribution >= 0.6 is 0 Å². The maximum absolute atomic E-state index is 10.5. The summed E-state index contributed by atoms with van der Waals surface area (Å²) in [5.41, 5.74) is 1.43. The summed E-state index contributed by atoms with van der Waals surface area (Å²) in [6.07, 6.45) is 3.75. The first-order valence-electron chi connectivity index (χ1n) is 6.91. The van der Waals surface area contributed by atoms with Crippen LogP contribution in [-0.4, -0.2) is 28.8 Å². The number of aromatic nitrogens is 2. The lowest BCUT2D eigenvalue weighted by Gasteiger charge is -2.12. The normalized spacial score (nSPS) is 14.2. The van der Waals surface area contributed by atoms with Gasteiger partial charge in [0, 0.05) is 18.3 Å². The summed E-state index contributed by atoms with van der Waals surface area (Å²) in [5, 5.41) is 14.8. The molecule has 1 unspecified atom stereocenters. The van der Waals surface area contributed by atoms with Gasteiger partial charge >= 0.3 is 0 Å². The van der Waals surface area contributed by atoms with Gasteiger partial charge in [-0.3, -0.25) is 4.68 Å². The Morgan fingerprint density at radius 2 is 2.24 bits per heavy atom. The average molecular weight is 290 g/mol. The van der Waals surface area contributed by atoms with Gasteiger partial charge in [-0.05, 0) is 24.1 Å². The summed E-state index contributed by atoms with van der Waals surface area (Å²) >= 11 is 0. The topological polar surface area (TPSA) is 65.7 Å². The van der Waals surface area contributed by atoms with Crippen molar-refractivity contribution in [3.05, 3.63) is 35.7 Å². The molecular weight excluding hydrogens is 272 g/mol. The predicted molar refractivity (Wildman–Crippen MR) is 75.7 cm³/mol. The van der Waals surface area contributed by atoms with Gasteiger partial charge in [-0.25, -0.2) is 0 Å². The first-order valence-corrected chi connectivity index (χ1v) is 6.91. The molecule has 0 amide bonds. The molecule has 0 saturated carbocycles. The molecule has 0 saturated heterocycles. The van der Waals surface area contributed by atoms with Gasteiger partial charge in [0.1, 0.15) is 6.10 Å². The molecule has 2 heterocycles. The molecular formula is C15H18N2O4. The van der Waals surface area contributed by atoms with Crippen molar-refractivity contribution in [1.82, 2.24) is 9.78 Å². The molecule has 0 fully saturated rings. The summed E-state index contributed by atoms with van der Waals surface area (Å²) in [5.74, 6) is 1.72. The molecule has 3 rings (SSSR count). The van der Waals surface area contributed by atoms with E-state index < -0.39 is 6.10 Å². The molecule has 21 heavy (non-hydrogen) atoms. The van der Waals surface area contributed by atoms with Crippen molar-refractivity contribution < 1.29 is 19.3 Å². The van der Waals surface area contributed by atoms with Gasteiger partial charge in [0.15, 0.2) is 11.5 Å². The van der Waals surface area contributed by atoms with Crippen LogP contribution in [0.5, 0.6) is 17.2 Å². The minimum Gasteiger partial charge on any atom is -0.493 e. The van der Waals surface area contributed by atoms with Crippen molar-refractivity contribution in [3.8, 4) is 17.2 Å². The molecule has 112 valence electrons. The van der Waals surface area contributed by atoms with Crippen LogP contribution in [0.3, 0.4) is 0 Å². The highest BCUT2D eigenvalue weighted by molar-refractivity contribution is 5.56. The summed E-state index contributed by atoms with van der Waals surface area (Å²) < 4.78 is 17.8. The highest BCUT2D eigenvalue weighted by Crippen LogP contribution is 2.43. The Balaban J connectivity index is 1.91. The number of aliphatic hydroxyl groups is 1. The van der Waals surface area contributed by atoms with Crippen molar-refractivity contribution in [2.75, 3.05) is 13.9 Å². The van der Waals surface area contributed by atoms with Gasteiger partial charge in [-0.1, -0.05) is 6.92 Å². The Hall–Kier alpha value is -2.21. The third kappa shape index (κ3) is 2.54. The molecule has 1 aliphatic heterocycles. The van der Waals surface area contributed by atoms with Gasteiger partial charge in [-0.15, -0.1) is 0 Å². The van der Waals surface area contributed by atoms with Crippen LogP contribution in [0.25, 0.3) is 0 Å². The number of aliphatic hydroxyl groups excluding tert-OH is 1. The van der Waals surface area contributed by atoms with Crippen LogP contribution in [0.4, 0.5) is 0 Å². The van der Waals surface area contributed by atoms with Gasteiger partial charge in [-0.2, -0.15) is 5.10 Å². The summed E-state index contributed by atoms with van der Waals surface area (Å²) in [4.78, 5) is 0. The summed E-state index contributed by atoms with van der Waals surface area (Å²) in [6.45, 7) is 3.08. The molecule has 0 spiro atoms. The lowest BCUT2D eigenvalue weighted by molar-refractivity contribution is 0.171. The van der Waals surface area contributed by atoms with E-state index in [0.717, 1.165) is 18.5 Å². The van der Waals surface area contributed by atoms with E-state index in [1.165, 1.54) is 0 Å². The Bertz CT molecular complexity index is 639. The molecule has 1 N–H and O–H groups in total. The van der Waals surface area contributed by atoms with Gasteiger partial charge < -0.3 is 19.3 Å². The zero-order valence-corrected chi connectivity index (χ0v) is 12.1. The number of methoxy groups -OCH3 is 1. The molecule has 1 aromatic heterocycles. The lowest BCUT2D eigenvalue weighted by Crippen LogP contribution is -2.00. The van der Waals surface area contributed by atoms with Crippen molar-refractivity contribution in [1.29, 1.82) is 0 Å². The lowest BCUT2D eigenvalue weighted by atomic mass is 10.0. The number of ether oxygens (including phenoxy) is 3. The van der Waals surface area contributed by atoms with E-state index in [1.807, 2.05) is 10.9 Å². The maximum atomic E-state index is 10.5. The van der Waals surface area contributed by atoms with Crippen LogP contribution < -0.4 is 14.2 Å². The van der Waals surface area contributed by atoms with E-state index in [2.05, 4.69) is 12.0 Å². The van der Waals surface area contributed by atoms with Crippen LogP contribution in [0, 0.1) is 0 Å². The molecule has 0 aliphatic carbocycles. The number of rotatable bonds is 5. The van der Waals surface area contributed by atoms with Gasteiger partial charge in [0.2, 0.25) is 12.5 Å². The standard InChI is InChI=1S/C15H18N2O4/c1-3-4-17-8-11(7-16-17)14(18)10-5-12(19-2)15-13(6-10)20-9-21-15/h5-8,14,18H,3-4,9H2,1-2H3. The van der Waals surface area contributed by atoms with Crippen LogP contribution in [0.2, 0.25) is 0 Å². The second kappa shape index (κ2) is 5.65. The monoisotopic (exact) mass is 290 g/mol. The minimum atomic E-state index is -0.779. The first-order chi connectivity index (χ1) is 10.2. The Kier molecular flexibility index (Phi) is 3.70. The molecule has 6 nitrogen and oxygen atoms in total. The number of fused-ring (bicyclic) bond motifs is 1. The Labute approximate surface area is 122 Å². The van der Waals surface area contributed by atoms with E-state index in [9.17, 15) is 5.11 Å². The largest absolute Gasteiger partial charge is 0.493 e. The van der Waals surface area contributed by atoms with E-state index in [-0.39, 0.29) is 6.79 Å². The highest BCUT2D eigenvalue weighted by Gasteiger charge is 2.23. The highest BCUT2D eigenvalue weighted by atomic mass is 16.7. The van der Waals surface area contributed by atoms with Crippen molar-refractivity contribution in [2.24, 2.45) is 0 Å². The molecule has 1 aliphatic rings. The van der Waals surface area contributed by atoms with Crippen LogP contribution in [0.15, 0.2) is 24.5 Å². The molecule has 1 atom stereocenters. The second-order valence-corrected chi connectivity index (χ2v) is 4.90. The number of nitrogens with zero attached hydrogens (tertiary/aromatic N) is 2. The van der Waals surface area contributed by atoms with Gasteiger partial charge in [0.05, 0.1) is 13.3 Å². The number of hydrogen-bond acceptors (Lipinski definition) is 5. The predicted octanol–water partition coefficient (Wildman–Crippen LogP) is 2.11. The fourth-order valence-corrected chi connectivity index (χ4v) is 2.37. The van der Waals surface area contributed by atoms with Crippen LogP contribution in [-0.2, 0) is 6.54 Å². The van der Waals surface area contributed by atoms with Gasteiger partial charge in [0.25, 0.3) is 0 Å². The van der Waals surface area contributed by atoms with E-state index in [0.29, 0.717) is 22.8 Å². The molecule has 6 heteroatoms. The van der Waals surface area contributed by atoms with Crippen molar-refractivity contribution in [2.45, 2.75) is 26.0 Å². The van der Waals surface area contributed by atoms with Crippen molar-refractivity contribution >= 4 is 0 Å². The SMILES string of the molecule is CCCn1cc(C(O)c2cc(OC)c3c(c2)OCO3)cn1. The summed E-state index contributed by atoms with van der Waals surface area (Å²) in [7, 11) is 1.56. The molecule has 1 aromatic carbocycles. The average Bonchev–Trinajstić information content (AvgIpc) is 3.14. The van der Waals surface area contributed by atoms with E-state index >= 15 is 0 Å². The smallest absolute Gasteiger partial charge is 0.231 e. The number of benzene rings is 1. The molecule has 0 radical (unpaired) electrons. The fraction of sp³-hybridized carbons (Fsp3) is 0.400. The molecule has 2 aromatic rings. The third-order valence-corrected chi connectivity index (χ3v) is 3.42. The molecule has 0 bridgehead atoms. The Morgan fingerprint density at radius 3 is 3.00 bits per heavy atom. The third-order valence-electron chi connectivity index (χ3n) is 3.42. The van der Waals surface area contributed by atoms with E-state index in [1.54, 1.807) is 25.4 Å². The maximum Gasteiger partial charge on any atom is 0.231 e. The van der Waals surface area contributed by atoms with E-state index in [4.69, 9.17) is 14.2 Å². The zero-order valence-electron chi connectivity index (χ0n) is 12.1. The van der Waals surface area contributed by atoms with Crippen LogP contribution in [0.1, 0.15) is 30.6 Å². The fourth-order valence-electron chi connectivity index (χ4n) is 2.37. The number of aryl methyl sites for hydroxylation is 1. The zero-order chi connectivity index (χ0) is 14.8. The quantitative estimate of drug-likeness (QED) is 0.913. The minimum absolute atomic E-state index is 0.166. The Morgan fingerprint density at radius 1 is 1.38 bits per heavy atom.